The lowest BCUT2D eigenvalue weighted by molar-refractivity contribution is 0.0939. The maximum atomic E-state index is 13.4. The molecule has 1 heterocycles. The van der Waals surface area contributed by atoms with Crippen molar-refractivity contribution in [3.63, 3.8) is 0 Å². The van der Waals surface area contributed by atoms with Gasteiger partial charge in [-0.15, -0.1) is 0 Å². The normalized spacial score (nSPS) is 12.8. The number of carbonyl (C=O) groups is 1. The van der Waals surface area contributed by atoms with Crippen LogP contribution in [0.5, 0.6) is 0 Å². The zero-order valence-corrected chi connectivity index (χ0v) is 13.7. The molecule has 0 spiro atoms. The van der Waals surface area contributed by atoms with Gasteiger partial charge in [-0.3, -0.25) is 9.69 Å². The predicted molar refractivity (Wildman–Crippen MR) is 87.7 cm³/mol. The molecule has 0 radical (unpaired) electrons. The number of nitrogens with one attached hydrogen (secondary N) is 2. The van der Waals surface area contributed by atoms with Gasteiger partial charge in [0, 0.05) is 29.2 Å². The van der Waals surface area contributed by atoms with Crippen molar-refractivity contribution in [3.8, 4) is 0 Å². The van der Waals surface area contributed by atoms with Crippen molar-refractivity contribution >= 4 is 16.8 Å². The summed E-state index contributed by atoms with van der Waals surface area (Å²) in [6.45, 7) is 10.6. The van der Waals surface area contributed by atoms with Crippen LogP contribution in [-0.4, -0.2) is 41.5 Å². The van der Waals surface area contributed by atoms with Crippen LogP contribution >= 0.6 is 0 Å². The van der Waals surface area contributed by atoms with E-state index in [9.17, 15) is 9.18 Å². The van der Waals surface area contributed by atoms with Crippen molar-refractivity contribution in [1.29, 1.82) is 0 Å². The summed E-state index contributed by atoms with van der Waals surface area (Å²) in [6.07, 6.45) is 0. The van der Waals surface area contributed by atoms with E-state index in [2.05, 4.69) is 36.0 Å². The molecule has 22 heavy (non-hydrogen) atoms. The van der Waals surface area contributed by atoms with Gasteiger partial charge >= 0.3 is 0 Å². The van der Waals surface area contributed by atoms with E-state index >= 15 is 0 Å². The Morgan fingerprint density at radius 1 is 1.36 bits per heavy atom. The van der Waals surface area contributed by atoms with Gasteiger partial charge in [-0.25, -0.2) is 4.39 Å². The minimum atomic E-state index is -0.336. The minimum absolute atomic E-state index is 0.159. The predicted octanol–water partition coefficient (Wildman–Crippen LogP) is 3.08. The van der Waals surface area contributed by atoms with E-state index in [1.807, 2.05) is 6.92 Å². The number of fused-ring (bicyclic) bond motifs is 1. The maximum Gasteiger partial charge on any atom is 0.253 e. The van der Waals surface area contributed by atoms with E-state index in [0.717, 1.165) is 24.3 Å². The minimum Gasteiger partial charge on any atom is -0.358 e. The number of benzene rings is 1. The number of aryl methyl sites for hydroxylation is 1. The fourth-order valence-corrected chi connectivity index (χ4v) is 2.90. The van der Waals surface area contributed by atoms with Crippen molar-refractivity contribution < 1.29 is 9.18 Å². The van der Waals surface area contributed by atoms with Gasteiger partial charge in [0.2, 0.25) is 0 Å². The third kappa shape index (κ3) is 3.30. The van der Waals surface area contributed by atoms with E-state index in [1.165, 1.54) is 12.1 Å². The first kappa shape index (κ1) is 16.5. The molecule has 0 bridgehead atoms. The van der Waals surface area contributed by atoms with Crippen LogP contribution in [0.15, 0.2) is 18.2 Å². The number of amides is 1. The lowest BCUT2D eigenvalue weighted by Crippen LogP contribution is -2.42. The largest absolute Gasteiger partial charge is 0.358 e. The number of hydrogen-bond donors (Lipinski definition) is 2. The zero-order valence-electron chi connectivity index (χ0n) is 13.7. The molecule has 2 rings (SSSR count). The Morgan fingerprint density at radius 3 is 2.68 bits per heavy atom. The summed E-state index contributed by atoms with van der Waals surface area (Å²) in [5.41, 5.74) is 2.07. The second-order valence-corrected chi connectivity index (χ2v) is 5.60. The molecule has 0 fully saturated rings. The molecule has 1 amide bonds. The van der Waals surface area contributed by atoms with Crippen LogP contribution in [0.3, 0.4) is 0 Å². The summed E-state index contributed by atoms with van der Waals surface area (Å²) < 4.78 is 13.4. The Bertz CT molecular complexity index is 661. The number of nitrogens with zero attached hydrogens (tertiary/aromatic N) is 1. The van der Waals surface area contributed by atoms with Gasteiger partial charge in [0.1, 0.15) is 5.82 Å². The quantitative estimate of drug-likeness (QED) is 0.861. The highest BCUT2D eigenvalue weighted by atomic mass is 19.1. The number of halogens is 1. The summed E-state index contributed by atoms with van der Waals surface area (Å²) in [5, 5.41) is 3.59. The van der Waals surface area contributed by atoms with E-state index in [4.69, 9.17) is 0 Å². The molecule has 1 aromatic carbocycles. The lowest BCUT2D eigenvalue weighted by atomic mass is 10.1. The fraction of sp³-hybridized carbons (Fsp3) is 0.471. The first-order valence-corrected chi connectivity index (χ1v) is 7.78. The van der Waals surface area contributed by atoms with E-state index in [1.54, 1.807) is 6.07 Å². The third-order valence-corrected chi connectivity index (χ3v) is 4.17. The van der Waals surface area contributed by atoms with Crippen molar-refractivity contribution in [3.05, 3.63) is 35.3 Å². The third-order valence-electron chi connectivity index (χ3n) is 4.17. The standard InChI is InChI=1S/C17H24FN3O/c1-5-21(6-2)11(3)10-19-17(22)16-12(4)20-15-8-7-13(18)9-14(15)16/h7-9,11,20H,5-6,10H2,1-4H3,(H,19,22). The van der Waals surface area contributed by atoms with Crippen LogP contribution in [0.2, 0.25) is 0 Å². The summed E-state index contributed by atoms with van der Waals surface area (Å²) in [7, 11) is 0. The Morgan fingerprint density at radius 2 is 2.05 bits per heavy atom. The molecule has 1 unspecified atom stereocenters. The smallest absolute Gasteiger partial charge is 0.253 e. The summed E-state index contributed by atoms with van der Waals surface area (Å²) >= 11 is 0. The summed E-state index contributed by atoms with van der Waals surface area (Å²) in [4.78, 5) is 17.9. The molecule has 2 aromatic rings. The molecule has 0 saturated heterocycles. The van der Waals surface area contributed by atoms with Crippen LogP contribution in [0.25, 0.3) is 10.9 Å². The SMILES string of the molecule is CCN(CC)C(C)CNC(=O)c1c(C)[nH]c2ccc(F)cc12. The highest BCUT2D eigenvalue weighted by molar-refractivity contribution is 6.08. The van der Waals surface area contributed by atoms with Gasteiger partial charge in [0.15, 0.2) is 0 Å². The number of H-pyrrole nitrogens is 1. The summed E-state index contributed by atoms with van der Waals surface area (Å²) in [6, 6.07) is 4.72. The zero-order chi connectivity index (χ0) is 16.3. The number of aromatic nitrogens is 1. The molecule has 0 saturated carbocycles. The molecule has 1 atom stereocenters. The van der Waals surface area contributed by atoms with Crippen LogP contribution in [0, 0.1) is 12.7 Å². The molecule has 2 N–H and O–H groups in total. The van der Waals surface area contributed by atoms with Crippen LogP contribution < -0.4 is 5.32 Å². The van der Waals surface area contributed by atoms with Gasteiger partial charge in [0.25, 0.3) is 5.91 Å². The van der Waals surface area contributed by atoms with E-state index in [-0.39, 0.29) is 17.8 Å². The first-order valence-electron chi connectivity index (χ1n) is 7.78. The molecular weight excluding hydrogens is 281 g/mol. The van der Waals surface area contributed by atoms with Gasteiger partial charge in [-0.1, -0.05) is 13.8 Å². The van der Waals surface area contributed by atoms with Crippen LogP contribution in [0.1, 0.15) is 36.8 Å². The van der Waals surface area contributed by atoms with E-state index < -0.39 is 0 Å². The van der Waals surface area contributed by atoms with Crippen molar-refractivity contribution in [1.82, 2.24) is 15.2 Å². The molecule has 0 aliphatic rings. The maximum absolute atomic E-state index is 13.4. The average molecular weight is 305 g/mol. The second kappa shape index (κ2) is 6.92. The fourth-order valence-electron chi connectivity index (χ4n) is 2.90. The number of carbonyl (C=O) groups excluding carboxylic acids is 1. The topological polar surface area (TPSA) is 48.1 Å². The second-order valence-electron chi connectivity index (χ2n) is 5.60. The molecule has 1 aromatic heterocycles. The molecule has 0 aliphatic carbocycles. The molecule has 5 heteroatoms. The van der Waals surface area contributed by atoms with Gasteiger partial charge < -0.3 is 10.3 Å². The van der Waals surface area contributed by atoms with E-state index in [0.29, 0.717) is 17.5 Å². The van der Waals surface area contributed by atoms with Crippen LogP contribution in [-0.2, 0) is 0 Å². The molecule has 4 nitrogen and oxygen atoms in total. The van der Waals surface area contributed by atoms with Gasteiger partial charge in [0.05, 0.1) is 5.56 Å². The van der Waals surface area contributed by atoms with Gasteiger partial charge in [-0.05, 0) is 45.1 Å². The molecule has 0 aliphatic heterocycles. The monoisotopic (exact) mass is 305 g/mol. The Hall–Kier alpha value is -1.88. The number of aromatic amines is 1. The number of rotatable bonds is 6. The number of hydrogen-bond acceptors (Lipinski definition) is 2. The molecular formula is C17H24FN3O. The highest BCUT2D eigenvalue weighted by Gasteiger charge is 2.18. The Kier molecular flexibility index (Phi) is 5.19. The Balaban J connectivity index is 2.16. The average Bonchev–Trinajstić information content (AvgIpc) is 2.81. The Labute approximate surface area is 130 Å². The van der Waals surface area contributed by atoms with Crippen molar-refractivity contribution in [2.24, 2.45) is 0 Å². The highest BCUT2D eigenvalue weighted by Crippen LogP contribution is 2.23. The van der Waals surface area contributed by atoms with Crippen molar-refractivity contribution in [2.75, 3.05) is 19.6 Å². The first-order chi connectivity index (χ1) is 10.5. The molecule has 120 valence electrons. The van der Waals surface area contributed by atoms with Crippen molar-refractivity contribution in [2.45, 2.75) is 33.7 Å². The van der Waals surface area contributed by atoms with Crippen LogP contribution in [0.4, 0.5) is 4.39 Å². The lowest BCUT2D eigenvalue weighted by Gasteiger charge is -2.26. The van der Waals surface area contributed by atoms with Gasteiger partial charge in [-0.2, -0.15) is 0 Å². The number of likely N-dealkylation sites (N-methyl/N-ethyl adjacent to an activating group) is 1. The summed E-state index contributed by atoms with van der Waals surface area (Å²) in [5.74, 6) is -0.495.